The summed E-state index contributed by atoms with van der Waals surface area (Å²) in [6, 6.07) is 10.3. The van der Waals surface area contributed by atoms with Crippen molar-refractivity contribution >= 4 is 16.8 Å². The average Bonchev–Trinajstić information content (AvgIpc) is 2.80. The molecule has 0 radical (unpaired) electrons. The van der Waals surface area contributed by atoms with E-state index in [-0.39, 0.29) is 5.91 Å². The van der Waals surface area contributed by atoms with E-state index in [4.69, 9.17) is 0 Å². The van der Waals surface area contributed by atoms with Gasteiger partial charge in [-0.3, -0.25) is 9.78 Å². The lowest BCUT2D eigenvalue weighted by Gasteiger charge is -2.23. The number of fused-ring (bicyclic) bond motifs is 1. The second-order valence-corrected chi connectivity index (χ2v) is 6.25. The van der Waals surface area contributed by atoms with Crippen molar-refractivity contribution < 1.29 is 4.79 Å². The van der Waals surface area contributed by atoms with E-state index >= 15 is 0 Å². The van der Waals surface area contributed by atoms with Crippen molar-refractivity contribution in [1.82, 2.24) is 14.8 Å². The van der Waals surface area contributed by atoms with Gasteiger partial charge in [-0.05, 0) is 57.6 Å². The molecule has 2 aromatic rings. The Kier molecular flexibility index (Phi) is 4.39. The normalized spacial score (nSPS) is 19.4. The standard InChI is InChI=1S/C18H23N3O/c1-20(2)16-6-4-11-21(12-9-16)18(22)15-7-8-17-14(13-15)5-3-10-19-17/h3,5,7-8,10,13,16H,4,6,9,11-12H2,1-2H3. The molecule has 1 fully saturated rings. The SMILES string of the molecule is CN(C)C1CCCN(C(=O)c2ccc3ncccc3c2)CC1. The highest BCUT2D eigenvalue weighted by Gasteiger charge is 2.22. The quantitative estimate of drug-likeness (QED) is 0.855. The minimum Gasteiger partial charge on any atom is -0.339 e. The van der Waals surface area contributed by atoms with Crippen LogP contribution in [0.5, 0.6) is 0 Å². The molecule has 0 saturated carbocycles. The van der Waals surface area contributed by atoms with Crippen LogP contribution < -0.4 is 0 Å². The Labute approximate surface area is 131 Å². The van der Waals surface area contributed by atoms with Crippen molar-refractivity contribution in [3.63, 3.8) is 0 Å². The molecule has 2 heterocycles. The lowest BCUT2D eigenvalue weighted by atomic mass is 10.1. The smallest absolute Gasteiger partial charge is 0.253 e. The second kappa shape index (κ2) is 6.44. The van der Waals surface area contributed by atoms with Gasteiger partial charge in [0.25, 0.3) is 5.91 Å². The molecule has 1 aliphatic heterocycles. The van der Waals surface area contributed by atoms with Gasteiger partial charge in [-0.25, -0.2) is 0 Å². The molecule has 1 saturated heterocycles. The van der Waals surface area contributed by atoms with Gasteiger partial charge in [0.05, 0.1) is 5.52 Å². The van der Waals surface area contributed by atoms with Crippen molar-refractivity contribution in [3.8, 4) is 0 Å². The summed E-state index contributed by atoms with van der Waals surface area (Å²) in [5.74, 6) is 0.144. The molecule has 0 N–H and O–H groups in total. The Hall–Kier alpha value is -1.94. The molecule has 4 nitrogen and oxygen atoms in total. The van der Waals surface area contributed by atoms with Gasteiger partial charge in [-0.2, -0.15) is 0 Å². The van der Waals surface area contributed by atoms with E-state index in [0.717, 1.165) is 42.4 Å². The highest BCUT2D eigenvalue weighted by atomic mass is 16.2. The van der Waals surface area contributed by atoms with Crippen LogP contribution in [0.4, 0.5) is 0 Å². The number of rotatable bonds is 2. The second-order valence-electron chi connectivity index (χ2n) is 6.25. The largest absolute Gasteiger partial charge is 0.339 e. The predicted molar refractivity (Wildman–Crippen MR) is 89.0 cm³/mol. The van der Waals surface area contributed by atoms with Crippen LogP contribution in [0.15, 0.2) is 36.5 Å². The third-order valence-corrected chi connectivity index (χ3v) is 4.57. The van der Waals surface area contributed by atoms with Crippen molar-refractivity contribution in [3.05, 3.63) is 42.1 Å². The van der Waals surface area contributed by atoms with Crippen molar-refractivity contribution in [2.75, 3.05) is 27.2 Å². The third-order valence-electron chi connectivity index (χ3n) is 4.57. The summed E-state index contributed by atoms with van der Waals surface area (Å²) in [6.07, 6.45) is 5.07. The van der Waals surface area contributed by atoms with Crippen LogP contribution in [0, 0.1) is 0 Å². The van der Waals surface area contributed by atoms with Crippen LogP contribution in [0.3, 0.4) is 0 Å². The van der Waals surface area contributed by atoms with Crippen LogP contribution in [0.2, 0.25) is 0 Å². The molecule has 1 aliphatic rings. The number of hydrogen-bond acceptors (Lipinski definition) is 3. The Morgan fingerprint density at radius 2 is 2.09 bits per heavy atom. The molecular weight excluding hydrogens is 274 g/mol. The number of aromatic nitrogens is 1. The van der Waals surface area contributed by atoms with Gasteiger partial charge in [0.2, 0.25) is 0 Å². The molecular formula is C18H23N3O. The predicted octanol–water partition coefficient (Wildman–Crippen LogP) is 2.79. The van der Waals surface area contributed by atoms with Crippen LogP contribution in [-0.2, 0) is 0 Å². The van der Waals surface area contributed by atoms with Gasteiger partial charge < -0.3 is 9.80 Å². The molecule has 3 rings (SSSR count). The zero-order valence-corrected chi connectivity index (χ0v) is 13.3. The maximum Gasteiger partial charge on any atom is 0.253 e. The van der Waals surface area contributed by atoms with Gasteiger partial charge in [0, 0.05) is 36.3 Å². The molecule has 1 aromatic heterocycles. The fourth-order valence-corrected chi connectivity index (χ4v) is 3.19. The number of benzene rings is 1. The van der Waals surface area contributed by atoms with Crippen LogP contribution in [-0.4, -0.2) is 53.9 Å². The zero-order valence-electron chi connectivity index (χ0n) is 13.3. The molecule has 0 spiro atoms. The topological polar surface area (TPSA) is 36.4 Å². The fourth-order valence-electron chi connectivity index (χ4n) is 3.19. The van der Waals surface area contributed by atoms with Crippen molar-refractivity contribution in [2.45, 2.75) is 25.3 Å². The first-order valence-corrected chi connectivity index (χ1v) is 7.95. The van der Waals surface area contributed by atoms with Crippen molar-refractivity contribution in [2.24, 2.45) is 0 Å². The van der Waals surface area contributed by atoms with E-state index in [0.29, 0.717) is 6.04 Å². The van der Waals surface area contributed by atoms with Gasteiger partial charge >= 0.3 is 0 Å². The first kappa shape index (κ1) is 15.0. The number of pyridine rings is 1. The average molecular weight is 297 g/mol. The van der Waals surface area contributed by atoms with E-state index in [1.807, 2.05) is 35.2 Å². The van der Waals surface area contributed by atoms with E-state index in [1.54, 1.807) is 6.20 Å². The highest BCUT2D eigenvalue weighted by molar-refractivity contribution is 5.97. The van der Waals surface area contributed by atoms with Gasteiger partial charge in [-0.15, -0.1) is 0 Å². The fraction of sp³-hybridized carbons (Fsp3) is 0.444. The molecule has 0 aliphatic carbocycles. The number of hydrogen-bond donors (Lipinski definition) is 0. The minimum atomic E-state index is 0.144. The maximum atomic E-state index is 12.8. The maximum absolute atomic E-state index is 12.8. The van der Waals surface area contributed by atoms with Crippen LogP contribution in [0.25, 0.3) is 10.9 Å². The number of nitrogens with zero attached hydrogens (tertiary/aromatic N) is 3. The lowest BCUT2D eigenvalue weighted by molar-refractivity contribution is 0.0759. The summed E-state index contributed by atoms with van der Waals surface area (Å²) in [5, 5.41) is 1.02. The Morgan fingerprint density at radius 1 is 1.23 bits per heavy atom. The number of amides is 1. The highest BCUT2D eigenvalue weighted by Crippen LogP contribution is 2.19. The molecule has 1 atom stereocenters. The van der Waals surface area contributed by atoms with E-state index < -0.39 is 0 Å². The van der Waals surface area contributed by atoms with E-state index in [2.05, 4.69) is 24.0 Å². The third kappa shape index (κ3) is 3.12. The number of likely N-dealkylation sites (tertiary alicyclic amines) is 1. The summed E-state index contributed by atoms with van der Waals surface area (Å²) >= 11 is 0. The Balaban J connectivity index is 1.77. The minimum absolute atomic E-state index is 0.144. The summed E-state index contributed by atoms with van der Waals surface area (Å²) in [5.41, 5.74) is 1.70. The van der Waals surface area contributed by atoms with Crippen molar-refractivity contribution in [1.29, 1.82) is 0 Å². The summed E-state index contributed by atoms with van der Waals surface area (Å²) in [4.78, 5) is 21.3. The molecule has 1 amide bonds. The monoisotopic (exact) mass is 297 g/mol. The number of carbonyl (C=O) groups is 1. The molecule has 1 unspecified atom stereocenters. The molecule has 0 bridgehead atoms. The molecule has 116 valence electrons. The van der Waals surface area contributed by atoms with Gasteiger partial charge in [0.15, 0.2) is 0 Å². The Bertz CT molecular complexity index is 668. The molecule has 22 heavy (non-hydrogen) atoms. The molecule has 1 aromatic carbocycles. The summed E-state index contributed by atoms with van der Waals surface area (Å²) in [7, 11) is 4.25. The van der Waals surface area contributed by atoms with Crippen LogP contribution >= 0.6 is 0 Å². The summed E-state index contributed by atoms with van der Waals surface area (Å²) in [6.45, 7) is 1.70. The number of carbonyl (C=O) groups excluding carboxylic acids is 1. The van der Waals surface area contributed by atoms with E-state index in [1.165, 1.54) is 6.42 Å². The van der Waals surface area contributed by atoms with E-state index in [9.17, 15) is 4.79 Å². The van der Waals surface area contributed by atoms with Gasteiger partial charge in [0.1, 0.15) is 0 Å². The lowest BCUT2D eigenvalue weighted by Crippen LogP contribution is -2.33. The first-order valence-electron chi connectivity index (χ1n) is 7.95. The van der Waals surface area contributed by atoms with Crippen LogP contribution in [0.1, 0.15) is 29.6 Å². The summed E-state index contributed by atoms with van der Waals surface area (Å²) < 4.78 is 0. The first-order chi connectivity index (χ1) is 10.6. The van der Waals surface area contributed by atoms with Gasteiger partial charge in [-0.1, -0.05) is 6.07 Å². The molecule has 4 heteroatoms. The Morgan fingerprint density at radius 3 is 2.91 bits per heavy atom. The zero-order chi connectivity index (χ0) is 15.5.